The molecule has 18 heavy (non-hydrogen) atoms. The van der Waals surface area contributed by atoms with Crippen molar-refractivity contribution in [1.82, 2.24) is 0 Å². The molecule has 1 unspecified atom stereocenters. The zero-order valence-electron chi connectivity index (χ0n) is 11.0. The largest absolute Gasteiger partial charge is 0.494 e. The summed E-state index contributed by atoms with van der Waals surface area (Å²) in [6, 6.07) is 7.91. The zero-order chi connectivity index (χ0) is 13.6. The van der Waals surface area contributed by atoms with Gasteiger partial charge in [-0.15, -0.1) is 0 Å². The van der Waals surface area contributed by atoms with E-state index in [0.29, 0.717) is 19.4 Å². The standard InChI is InChI=1S/C14H21NO3/c1-3-11-5-7-12(8-6-11)18-10-4-9-14(2,15)13(16)17/h5-8H,3-4,9-10,15H2,1-2H3,(H,16,17). The lowest BCUT2D eigenvalue weighted by Crippen LogP contribution is -2.44. The highest BCUT2D eigenvalue weighted by Crippen LogP contribution is 2.14. The van der Waals surface area contributed by atoms with Gasteiger partial charge >= 0.3 is 5.97 Å². The molecule has 4 nitrogen and oxygen atoms in total. The van der Waals surface area contributed by atoms with E-state index >= 15 is 0 Å². The van der Waals surface area contributed by atoms with Crippen molar-refractivity contribution in [3.8, 4) is 5.75 Å². The molecular formula is C14H21NO3. The van der Waals surface area contributed by atoms with E-state index < -0.39 is 11.5 Å². The Morgan fingerprint density at radius 1 is 1.39 bits per heavy atom. The van der Waals surface area contributed by atoms with E-state index in [1.165, 1.54) is 12.5 Å². The molecule has 0 aliphatic heterocycles. The van der Waals surface area contributed by atoms with Crippen LogP contribution in [0, 0.1) is 0 Å². The van der Waals surface area contributed by atoms with E-state index in [4.69, 9.17) is 15.6 Å². The Morgan fingerprint density at radius 3 is 2.50 bits per heavy atom. The molecule has 0 amide bonds. The third-order valence-corrected chi connectivity index (χ3v) is 2.93. The van der Waals surface area contributed by atoms with Crippen LogP contribution in [0.5, 0.6) is 5.75 Å². The predicted molar refractivity (Wildman–Crippen MR) is 70.8 cm³/mol. The number of carboxylic acid groups (broad SMARTS) is 1. The Kier molecular flexibility index (Phi) is 5.16. The number of rotatable bonds is 7. The fourth-order valence-corrected chi connectivity index (χ4v) is 1.56. The Hall–Kier alpha value is -1.55. The van der Waals surface area contributed by atoms with Gasteiger partial charge in [-0.05, 0) is 43.9 Å². The Bertz CT molecular complexity index is 385. The number of aliphatic carboxylic acids is 1. The molecule has 0 saturated heterocycles. The number of hydrogen-bond acceptors (Lipinski definition) is 3. The van der Waals surface area contributed by atoms with Gasteiger partial charge in [0.2, 0.25) is 0 Å². The van der Waals surface area contributed by atoms with Crippen molar-refractivity contribution in [1.29, 1.82) is 0 Å². The second kappa shape index (κ2) is 6.40. The van der Waals surface area contributed by atoms with Gasteiger partial charge < -0.3 is 15.6 Å². The summed E-state index contributed by atoms with van der Waals surface area (Å²) in [5.74, 6) is -0.170. The van der Waals surface area contributed by atoms with E-state index in [2.05, 4.69) is 6.92 Å². The van der Waals surface area contributed by atoms with Crippen LogP contribution in [0.3, 0.4) is 0 Å². The molecule has 0 aromatic heterocycles. The number of carboxylic acids is 1. The monoisotopic (exact) mass is 251 g/mol. The molecule has 0 bridgehead atoms. The van der Waals surface area contributed by atoms with Crippen molar-refractivity contribution >= 4 is 5.97 Å². The quantitative estimate of drug-likeness (QED) is 0.729. The number of nitrogens with two attached hydrogens (primary N) is 1. The van der Waals surface area contributed by atoms with Crippen molar-refractivity contribution in [3.63, 3.8) is 0 Å². The maximum Gasteiger partial charge on any atom is 0.323 e. The lowest BCUT2D eigenvalue weighted by molar-refractivity contribution is -0.142. The maximum absolute atomic E-state index is 10.8. The summed E-state index contributed by atoms with van der Waals surface area (Å²) >= 11 is 0. The Labute approximate surface area is 108 Å². The van der Waals surface area contributed by atoms with Gasteiger partial charge in [0.05, 0.1) is 6.61 Å². The number of carbonyl (C=O) groups is 1. The minimum atomic E-state index is -1.17. The Morgan fingerprint density at radius 2 is 2.00 bits per heavy atom. The van der Waals surface area contributed by atoms with Gasteiger partial charge in [-0.1, -0.05) is 19.1 Å². The predicted octanol–water partition coefficient (Wildman–Crippen LogP) is 2.21. The molecule has 1 aromatic rings. The second-order valence-corrected chi connectivity index (χ2v) is 4.67. The van der Waals surface area contributed by atoms with E-state index in [-0.39, 0.29) is 0 Å². The van der Waals surface area contributed by atoms with Crippen LogP contribution in [0.15, 0.2) is 24.3 Å². The summed E-state index contributed by atoms with van der Waals surface area (Å²) in [5, 5.41) is 8.85. The van der Waals surface area contributed by atoms with Crippen LogP contribution >= 0.6 is 0 Å². The highest BCUT2D eigenvalue weighted by Gasteiger charge is 2.26. The lowest BCUT2D eigenvalue weighted by Gasteiger charge is -2.18. The maximum atomic E-state index is 10.8. The smallest absolute Gasteiger partial charge is 0.323 e. The van der Waals surface area contributed by atoms with Crippen molar-refractivity contribution in [2.45, 2.75) is 38.6 Å². The van der Waals surface area contributed by atoms with Crippen molar-refractivity contribution < 1.29 is 14.6 Å². The average Bonchev–Trinajstić information content (AvgIpc) is 2.35. The topological polar surface area (TPSA) is 72.5 Å². The number of hydrogen-bond donors (Lipinski definition) is 2. The minimum absolute atomic E-state index is 0.398. The first-order valence-electron chi connectivity index (χ1n) is 6.19. The summed E-state index contributed by atoms with van der Waals surface area (Å²) in [5.41, 5.74) is 5.72. The van der Waals surface area contributed by atoms with Gasteiger partial charge in [0, 0.05) is 0 Å². The van der Waals surface area contributed by atoms with Crippen molar-refractivity contribution in [2.75, 3.05) is 6.61 Å². The van der Waals surface area contributed by atoms with E-state index in [9.17, 15) is 4.79 Å². The molecule has 100 valence electrons. The van der Waals surface area contributed by atoms with Crippen LogP contribution in [-0.2, 0) is 11.2 Å². The SMILES string of the molecule is CCc1ccc(OCCCC(C)(N)C(=O)O)cc1. The van der Waals surface area contributed by atoms with E-state index in [1.807, 2.05) is 24.3 Å². The molecule has 1 rings (SSSR count). The van der Waals surface area contributed by atoms with Crippen LogP contribution in [0.2, 0.25) is 0 Å². The van der Waals surface area contributed by atoms with Gasteiger partial charge in [-0.2, -0.15) is 0 Å². The number of benzene rings is 1. The van der Waals surface area contributed by atoms with Crippen LogP contribution in [-0.4, -0.2) is 23.2 Å². The summed E-state index contributed by atoms with van der Waals surface area (Å²) in [4.78, 5) is 10.8. The highest BCUT2D eigenvalue weighted by atomic mass is 16.5. The third-order valence-electron chi connectivity index (χ3n) is 2.93. The molecule has 1 atom stereocenters. The molecule has 0 aliphatic carbocycles. The van der Waals surface area contributed by atoms with Gasteiger partial charge in [-0.25, -0.2) is 0 Å². The summed E-state index contributed by atoms with van der Waals surface area (Å²) < 4.78 is 5.53. The van der Waals surface area contributed by atoms with Crippen LogP contribution < -0.4 is 10.5 Å². The molecular weight excluding hydrogens is 230 g/mol. The number of ether oxygens (including phenoxy) is 1. The molecule has 0 radical (unpaired) electrons. The van der Waals surface area contributed by atoms with E-state index in [1.54, 1.807) is 0 Å². The second-order valence-electron chi connectivity index (χ2n) is 4.67. The molecule has 3 N–H and O–H groups in total. The molecule has 0 heterocycles. The first-order chi connectivity index (χ1) is 8.45. The first kappa shape index (κ1) is 14.5. The molecule has 1 aromatic carbocycles. The molecule has 4 heteroatoms. The lowest BCUT2D eigenvalue weighted by atomic mass is 9.98. The molecule has 0 fully saturated rings. The fraction of sp³-hybridized carbons (Fsp3) is 0.500. The average molecular weight is 251 g/mol. The van der Waals surface area contributed by atoms with E-state index in [0.717, 1.165) is 12.2 Å². The first-order valence-corrected chi connectivity index (χ1v) is 6.19. The number of aryl methyl sites for hydroxylation is 1. The minimum Gasteiger partial charge on any atom is -0.494 e. The molecule has 0 spiro atoms. The van der Waals surface area contributed by atoms with Gasteiger partial charge in [0.25, 0.3) is 0 Å². The Balaban J connectivity index is 2.31. The van der Waals surface area contributed by atoms with Crippen LogP contribution in [0.4, 0.5) is 0 Å². The molecule has 0 saturated carbocycles. The summed E-state index contributed by atoms with van der Waals surface area (Å²) in [6.07, 6.45) is 2.02. The van der Waals surface area contributed by atoms with Gasteiger partial charge in [0.15, 0.2) is 0 Å². The fourth-order valence-electron chi connectivity index (χ4n) is 1.56. The van der Waals surface area contributed by atoms with Gasteiger partial charge in [-0.3, -0.25) is 4.79 Å². The normalized spacial score (nSPS) is 13.9. The third kappa shape index (κ3) is 4.37. The van der Waals surface area contributed by atoms with Crippen molar-refractivity contribution in [3.05, 3.63) is 29.8 Å². The van der Waals surface area contributed by atoms with Crippen LogP contribution in [0.1, 0.15) is 32.3 Å². The van der Waals surface area contributed by atoms with Crippen LogP contribution in [0.25, 0.3) is 0 Å². The van der Waals surface area contributed by atoms with Gasteiger partial charge in [0.1, 0.15) is 11.3 Å². The summed E-state index contributed by atoms with van der Waals surface area (Å²) in [6.45, 7) is 4.10. The highest BCUT2D eigenvalue weighted by molar-refractivity contribution is 5.77. The van der Waals surface area contributed by atoms with Crippen molar-refractivity contribution in [2.24, 2.45) is 5.73 Å². The summed E-state index contributed by atoms with van der Waals surface area (Å²) in [7, 11) is 0. The zero-order valence-corrected chi connectivity index (χ0v) is 11.0. The molecule has 0 aliphatic rings.